The van der Waals surface area contributed by atoms with Crippen LogP contribution >= 0.6 is 0 Å². The second-order valence-corrected chi connectivity index (χ2v) is 9.35. The zero-order valence-electron chi connectivity index (χ0n) is 21.1. The molecular weight excluding hydrogens is 675 g/mol. The summed E-state index contributed by atoms with van der Waals surface area (Å²) in [5.41, 5.74) is 3.98. The number of hydrogen-bond donors (Lipinski definition) is 0. The standard InChI is InChI=1S/C34H20N4O.Pt/c1-3-11-29-25(9-1)27-17-15-23(21-31(27)37(29)33-13-5-7-19-35-33)39-24-16-18-28-26-10-2-4-12-30(26)38(32(28)22-24)34-14-6-8-20-36-34;/h1-20H;/q-2;+2. The van der Waals surface area contributed by atoms with Crippen molar-refractivity contribution in [2.75, 3.05) is 0 Å². The Morgan fingerprint density at radius 2 is 0.925 bits per heavy atom. The van der Waals surface area contributed by atoms with E-state index in [4.69, 9.17) is 4.74 Å². The Bertz CT molecular complexity index is 2000. The number of hydrogen-bond acceptors (Lipinski definition) is 3. The summed E-state index contributed by atoms with van der Waals surface area (Å²) in [6, 6.07) is 43.6. The molecule has 0 unspecified atom stereocenters. The number of nitrogens with zero attached hydrogens (tertiary/aromatic N) is 4. The summed E-state index contributed by atoms with van der Waals surface area (Å²) in [5, 5.41) is 4.49. The molecule has 0 radical (unpaired) electrons. The van der Waals surface area contributed by atoms with E-state index in [2.05, 4.69) is 79.8 Å². The van der Waals surface area contributed by atoms with Crippen LogP contribution in [-0.2, 0) is 21.1 Å². The van der Waals surface area contributed by atoms with Gasteiger partial charge in [0.1, 0.15) is 11.6 Å². The van der Waals surface area contributed by atoms with E-state index in [1.807, 2.05) is 60.7 Å². The first-order valence-electron chi connectivity index (χ1n) is 12.8. The Morgan fingerprint density at radius 3 is 1.38 bits per heavy atom. The van der Waals surface area contributed by atoms with E-state index in [0.29, 0.717) is 11.5 Å². The van der Waals surface area contributed by atoms with Crippen molar-refractivity contribution < 1.29 is 25.8 Å². The first-order valence-corrected chi connectivity index (χ1v) is 12.8. The molecule has 40 heavy (non-hydrogen) atoms. The van der Waals surface area contributed by atoms with Crippen LogP contribution in [0, 0.1) is 12.1 Å². The maximum Gasteiger partial charge on any atom is 2.00 e. The molecular formula is C34H20N4OPt. The van der Waals surface area contributed by atoms with Crippen LogP contribution in [0.2, 0.25) is 0 Å². The molecule has 0 saturated heterocycles. The molecule has 5 nitrogen and oxygen atoms in total. The summed E-state index contributed by atoms with van der Waals surface area (Å²) < 4.78 is 10.6. The number of para-hydroxylation sites is 2. The van der Waals surface area contributed by atoms with Crippen molar-refractivity contribution in [3.63, 3.8) is 0 Å². The zero-order valence-corrected chi connectivity index (χ0v) is 23.3. The predicted molar refractivity (Wildman–Crippen MR) is 155 cm³/mol. The van der Waals surface area contributed by atoms with E-state index in [9.17, 15) is 0 Å². The van der Waals surface area contributed by atoms with Crippen molar-refractivity contribution in [3.05, 3.63) is 134 Å². The molecule has 4 aromatic heterocycles. The van der Waals surface area contributed by atoms with Gasteiger partial charge in [-0.3, -0.25) is 0 Å². The number of fused-ring (bicyclic) bond motifs is 6. The first-order chi connectivity index (χ1) is 19.3. The Balaban J connectivity index is 0.00000264. The van der Waals surface area contributed by atoms with Gasteiger partial charge in [0, 0.05) is 34.9 Å². The van der Waals surface area contributed by atoms with Gasteiger partial charge in [-0.25, -0.2) is 9.97 Å². The molecule has 0 aliphatic carbocycles. The molecule has 0 amide bonds. The number of aromatic nitrogens is 4. The van der Waals surface area contributed by atoms with Gasteiger partial charge >= 0.3 is 21.1 Å². The van der Waals surface area contributed by atoms with Gasteiger partial charge in [-0.15, -0.1) is 35.0 Å². The van der Waals surface area contributed by atoms with Gasteiger partial charge in [-0.1, -0.05) is 59.6 Å². The maximum absolute atomic E-state index is 6.39. The second kappa shape index (κ2) is 9.78. The molecule has 6 heteroatoms. The van der Waals surface area contributed by atoms with Gasteiger partial charge in [-0.05, 0) is 47.2 Å². The third-order valence-corrected chi connectivity index (χ3v) is 7.09. The first kappa shape index (κ1) is 24.3. The Morgan fingerprint density at radius 1 is 0.475 bits per heavy atom. The number of rotatable bonds is 4. The third kappa shape index (κ3) is 3.82. The van der Waals surface area contributed by atoms with Crippen LogP contribution in [0.3, 0.4) is 0 Å². The molecule has 8 rings (SSSR count). The largest absolute Gasteiger partial charge is 2.00 e. The Hall–Kier alpha value is -4.73. The minimum absolute atomic E-state index is 0. The molecule has 4 aromatic carbocycles. The molecule has 0 atom stereocenters. The quantitative estimate of drug-likeness (QED) is 0.175. The van der Waals surface area contributed by atoms with Crippen molar-refractivity contribution in [2.24, 2.45) is 0 Å². The summed E-state index contributed by atoms with van der Waals surface area (Å²) in [6.45, 7) is 0. The van der Waals surface area contributed by atoms with Gasteiger partial charge in [0.15, 0.2) is 0 Å². The van der Waals surface area contributed by atoms with Gasteiger partial charge in [0.05, 0.1) is 0 Å². The molecule has 0 aliphatic rings. The number of benzene rings is 4. The molecule has 0 aliphatic heterocycles. The monoisotopic (exact) mass is 695 g/mol. The van der Waals surface area contributed by atoms with Crippen LogP contribution in [0.15, 0.2) is 122 Å². The molecule has 0 spiro atoms. The van der Waals surface area contributed by atoms with E-state index < -0.39 is 0 Å². The van der Waals surface area contributed by atoms with Crippen LogP contribution in [-0.4, -0.2) is 19.1 Å². The minimum atomic E-state index is 0. The van der Waals surface area contributed by atoms with Crippen molar-refractivity contribution in [1.29, 1.82) is 0 Å². The van der Waals surface area contributed by atoms with Gasteiger partial charge < -0.3 is 13.9 Å². The van der Waals surface area contributed by atoms with Crippen molar-refractivity contribution in [1.82, 2.24) is 19.1 Å². The average molecular weight is 696 g/mol. The van der Waals surface area contributed by atoms with Crippen molar-refractivity contribution >= 4 is 43.6 Å². The zero-order chi connectivity index (χ0) is 25.8. The van der Waals surface area contributed by atoms with Crippen LogP contribution < -0.4 is 4.74 Å². The van der Waals surface area contributed by atoms with Crippen LogP contribution in [0.5, 0.6) is 11.5 Å². The second-order valence-electron chi connectivity index (χ2n) is 9.35. The fourth-order valence-electron chi connectivity index (χ4n) is 5.43. The van der Waals surface area contributed by atoms with E-state index in [1.54, 1.807) is 12.4 Å². The summed E-state index contributed by atoms with van der Waals surface area (Å²) >= 11 is 0. The van der Waals surface area contributed by atoms with Crippen LogP contribution in [0.25, 0.3) is 55.2 Å². The molecule has 192 valence electrons. The van der Waals surface area contributed by atoms with E-state index in [0.717, 1.165) is 55.2 Å². The maximum atomic E-state index is 6.39. The van der Waals surface area contributed by atoms with Gasteiger partial charge in [0.25, 0.3) is 0 Å². The van der Waals surface area contributed by atoms with E-state index in [-0.39, 0.29) is 21.1 Å². The Kier molecular flexibility index (Phi) is 5.95. The predicted octanol–water partition coefficient (Wildman–Crippen LogP) is 8.06. The summed E-state index contributed by atoms with van der Waals surface area (Å²) in [7, 11) is 0. The SMILES string of the molecule is [Pt+2].[c-]1c(Oc2[c-]c3c(cc2)c2ccccc2n3-c2ccccn2)ccc2c3ccccc3n(-c3ccccn3)c12. The Labute approximate surface area is 244 Å². The minimum Gasteiger partial charge on any atom is -0.509 e. The molecule has 0 N–H and O–H groups in total. The topological polar surface area (TPSA) is 44.9 Å². The summed E-state index contributed by atoms with van der Waals surface area (Å²) in [4.78, 5) is 9.23. The van der Waals surface area contributed by atoms with Gasteiger partial charge in [0.2, 0.25) is 0 Å². The average Bonchev–Trinajstić information content (AvgIpc) is 3.50. The van der Waals surface area contributed by atoms with Crippen molar-refractivity contribution in [3.8, 4) is 23.1 Å². The van der Waals surface area contributed by atoms with Gasteiger partial charge in [-0.2, -0.15) is 12.1 Å². The molecule has 0 saturated carbocycles. The molecule has 0 bridgehead atoms. The summed E-state index contributed by atoms with van der Waals surface area (Å²) in [6.07, 6.45) is 3.61. The molecule has 8 aromatic rings. The normalized spacial score (nSPS) is 11.3. The smallest absolute Gasteiger partial charge is 0.509 e. The molecule has 4 heterocycles. The van der Waals surface area contributed by atoms with Crippen LogP contribution in [0.1, 0.15) is 0 Å². The van der Waals surface area contributed by atoms with E-state index >= 15 is 0 Å². The summed E-state index contributed by atoms with van der Waals surface area (Å²) in [5.74, 6) is 2.90. The fourth-order valence-corrected chi connectivity index (χ4v) is 5.43. The van der Waals surface area contributed by atoms with Crippen molar-refractivity contribution in [2.45, 2.75) is 0 Å². The van der Waals surface area contributed by atoms with E-state index in [1.165, 1.54) is 0 Å². The number of pyridine rings is 2. The fraction of sp³-hybridized carbons (Fsp3) is 0. The van der Waals surface area contributed by atoms with Crippen LogP contribution in [0.4, 0.5) is 0 Å². The molecule has 0 fully saturated rings. The third-order valence-electron chi connectivity index (χ3n) is 7.09. The number of ether oxygens (including phenoxy) is 1.